The minimum Gasteiger partial charge on any atom is -0.393 e. The number of aliphatic hydroxyl groups excluding tert-OH is 1. The van der Waals surface area contributed by atoms with Gasteiger partial charge in [-0.15, -0.1) is 0 Å². The molecule has 0 spiro atoms. The van der Waals surface area contributed by atoms with E-state index in [4.69, 9.17) is 0 Å². The van der Waals surface area contributed by atoms with Gasteiger partial charge in [-0.05, 0) is 31.2 Å². The SMILES string of the molecule is CC(O)CCCCCCCCCCC(C)Cc1ccccc1. The summed E-state index contributed by atoms with van der Waals surface area (Å²) in [4.78, 5) is 0. The van der Waals surface area contributed by atoms with Gasteiger partial charge in [0, 0.05) is 0 Å². The monoisotopic (exact) mass is 304 g/mol. The lowest BCUT2D eigenvalue weighted by Gasteiger charge is -2.11. The van der Waals surface area contributed by atoms with Crippen LogP contribution in [0.25, 0.3) is 0 Å². The van der Waals surface area contributed by atoms with E-state index in [1.54, 1.807) is 0 Å². The molecule has 0 aliphatic heterocycles. The van der Waals surface area contributed by atoms with Crippen LogP contribution in [0.5, 0.6) is 0 Å². The highest BCUT2D eigenvalue weighted by Crippen LogP contribution is 2.17. The summed E-state index contributed by atoms with van der Waals surface area (Å²) in [5.74, 6) is 0.808. The highest BCUT2D eigenvalue weighted by atomic mass is 16.3. The summed E-state index contributed by atoms with van der Waals surface area (Å²) in [7, 11) is 0. The fraction of sp³-hybridized carbons (Fsp3) is 0.714. The van der Waals surface area contributed by atoms with Crippen molar-refractivity contribution in [1.29, 1.82) is 0 Å². The zero-order valence-electron chi connectivity index (χ0n) is 14.8. The van der Waals surface area contributed by atoms with Crippen molar-refractivity contribution in [3.8, 4) is 0 Å². The third kappa shape index (κ3) is 10.8. The Morgan fingerprint density at radius 2 is 1.23 bits per heavy atom. The highest BCUT2D eigenvalue weighted by molar-refractivity contribution is 5.14. The van der Waals surface area contributed by atoms with Gasteiger partial charge in [0.15, 0.2) is 0 Å². The molecule has 1 aromatic rings. The van der Waals surface area contributed by atoms with Crippen LogP contribution < -0.4 is 0 Å². The van der Waals surface area contributed by atoms with E-state index in [0.717, 1.165) is 12.3 Å². The molecule has 126 valence electrons. The molecule has 0 saturated heterocycles. The Kier molecular flexibility index (Phi) is 11.1. The van der Waals surface area contributed by atoms with Crippen molar-refractivity contribution in [2.24, 2.45) is 5.92 Å². The molecule has 0 fully saturated rings. The molecule has 0 aromatic heterocycles. The van der Waals surface area contributed by atoms with Gasteiger partial charge in [-0.25, -0.2) is 0 Å². The first-order valence-corrected chi connectivity index (χ1v) is 9.40. The van der Waals surface area contributed by atoms with Crippen molar-refractivity contribution in [2.75, 3.05) is 0 Å². The normalized spacial score (nSPS) is 14.0. The van der Waals surface area contributed by atoms with Gasteiger partial charge in [-0.3, -0.25) is 0 Å². The van der Waals surface area contributed by atoms with Crippen molar-refractivity contribution in [1.82, 2.24) is 0 Å². The second kappa shape index (κ2) is 12.7. The molecular formula is C21H36O. The summed E-state index contributed by atoms with van der Waals surface area (Å²) in [5.41, 5.74) is 1.48. The van der Waals surface area contributed by atoms with Gasteiger partial charge in [-0.1, -0.05) is 95.0 Å². The molecule has 1 aromatic carbocycles. The van der Waals surface area contributed by atoms with Gasteiger partial charge in [-0.2, -0.15) is 0 Å². The van der Waals surface area contributed by atoms with E-state index < -0.39 is 0 Å². The predicted octanol–water partition coefficient (Wildman–Crippen LogP) is 6.15. The summed E-state index contributed by atoms with van der Waals surface area (Å²) in [6.07, 6.45) is 14.2. The van der Waals surface area contributed by atoms with E-state index in [1.165, 1.54) is 69.8 Å². The van der Waals surface area contributed by atoms with E-state index in [-0.39, 0.29) is 6.10 Å². The Morgan fingerprint density at radius 3 is 1.77 bits per heavy atom. The van der Waals surface area contributed by atoms with Gasteiger partial charge >= 0.3 is 0 Å². The molecule has 1 N–H and O–H groups in total. The van der Waals surface area contributed by atoms with Crippen LogP contribution in [0, 0.1) is 5.92 Å². The van der Waals surface area contributed by atoms with Crippen molar-refractivity contribution >= 4 is 0 Å². The Hall–Kier alpha value is -0.820. The molecule has 0 amide bonds. The lowest BCUT2D eigenvalue weighted by Crippen LogP contribution is -1.99. The number of rotatable bonds is 13. The van der Waals surface area contributed by atoms with Gasteiger partial charge in [0.05, 0.1) is 6.10 Å². The molecule has 22 heavy (non-hydrogen) atoms. The minimum atomic E-state index is -0.113. The fourth-order valence-corrected chi connectivity index (χ4v) is 3.11. The molecule has 0 bridgehead atoms. The number of hydrogen-bond donors (Lipinski definition) is 1. The second-order valence-electron chi connectivity index (χ2n) is 7.05. The van der Waals surface area contributed by atoms with Crippen molar-refractivity contribution in [3.05, 3.63) is 35.9 Å². The van der Waals surface area contributed by atoms with E-state index in [2.05, 4.69) is 37.3 Å². The van der Waals surface area contributed by atoms with Crippen LogP contribution in [0.15, 0.2) is 30.3 Å². The third-order valence-corrected chi connectivity index (χ3v) is 4.50. The molecule has 1 nitrogen and oxygen atoms in total. The first-order chi connectivity index (χ1) is 10.7. The molecule has 0 heterocycles. The maximum atomic E-state index is 9.19. The molecule has 0 aliphatic carbocycles. The number of aliphatic hydroxyl groups is 1. The van der Waals surface area contributed by atoms with Gasteiger partial charge in [0.1, 0.15) is 0 Å². The average Bonchev–Trinajstić information content (AvgIpc) is 2.50. The quantitative estimate of drug-likeness (QED) is 0.433. The molecule has 2 atom stereocenters. The summed E-state index contributed by atoms with van der Waals surface area (Å²) in [5, 5.41) is 9.19. The predicted molar refractivity (Wildman–Crippen MR) is 97.2 cm³/mol. The molecule has 0 saturated carbocycles. The first-order valence-electron chi connectivity index (χ1n) is 9.40. The van der Waals surface area contributed by atoms with Crippen LogP contribution in [0.1, 0.15) is 83.6 Å². The number of benzene rings is 1. The van der Waals surface area contributed by atoms with Crippen LogP contribution in [0.2, 0.25) is 0 Å². The van der Waals surface area contributed by atoms with Crippen LogP contribution in [-0.2, 0) is 6.42 Å². The van der Waals surface area contributed by atoms with Gasteiger partial charge < -0.3 is 5.11 Å². The Bertz CT molecular complexity index is 344. The maximum Gasteiger partial charge on any atom is 0.0512 e. The molecule has 1 heteroatoms. The highest BCUT2D eigenvalue weighted by Gasteiger charge is 2.03. The number of unbranched alkanes of at least 4 members (excludes halogenated alkanes) is 7. The average molecular weight is 305 g/mol. The number of hydrogen-bond acceptors (Lipinski definition) is 1. The standard InChI is InChI=1S/C21H36O/c1-19(18-21-16-12-9-13-17-21)14-10-7-5-3-4-6-8-11-15-20(2)22/h9,12-13,16-17,19-20,22H,3-8,10-11,14-15,18H2,1-2H3. The smallest absolute Gasteiger partial charge is 0.0512 e. The Labute approximate surface area is 138 Å². The zero-order chi connectivity index (χ0) is 16.0. The van der Waals surface area contributed by atoms with Crippen molar-refractivity contribution < 1.29 is 5.11 Å². The maximum absolute atomic E-state index is 9.19. The second-order valence-corrected chi connectivity index (χ2v) is 7.05. The topological polar surface area (TPSA) is 20.2 Å². The van der Waals surface area contributed by atoms with Gasteiger partial charge in [0.25, 0.3) is 0 Å². The summed E-state index contributed by atoms with van der Waals surface area (Å²) < 4.78 is 0. The lowest BCUT2D eigenvalue weighted by atomic mass is 9.95. The van der Waals surface area contributed by atoms with Crippen LogP contribution in [0.4, 0.5) is 0 Å². The first kappa shape index (κ1) is 19.2. The van der Waals surface area contributed by atoms with E-state index in [0.29, 0.717) is 0 Å². The molecule has 0 radical (unpaired) electrons. The van der Waals surface area contributed by atoms with Crippen molar-refractivity contribution in [3.63, 3.8) is 0 Å². The largest absolute Gasteiger partial charge is 0.393 e. The Balaban J connectivity index is 1.87. The van der Waals surface area contributed by atoms with Crippen LogP contribution >= 0.6 is 0 Å². The summed E-state index contributed by atoms with van der Waals surface area (Å²) in [6, 6.07) is 10.9. The Morgan fingerprint density at radius 1 is 0.727 bits per heavy atom. The third-order valence-electron chi connectivity index (χ3n) is 4.50. The minimum absolute atomic E-state index is 0.113. The molecule has 2 unspecified atom stereocenters. The lowest BCUT2D eigenvalue weighted by molar-refractivity contribution is 0.180. The van der Waals surface area contributed by atoms with E-state index in [1.807, 2.05) is 6.92 Å². The molecule has 1 rings (SSSR count). The van der Waals surface area contributed by atoms with Gasteiger partial charge in [0.2, 0.25) is 0 Å². The van der Waals surface area contributed by atoms with Crippen molar-refractivity contribution in [2.45, 2.75) is 90.6 Å². The summed E-state index contributed by atoms with van der Waals surface area (Å²) in [6.45, 7) is 4.27. The van der Waals surface area contributed by atoms with E-state index >= 15 is 0 Å². The van der Waals surface area contributed by atoms with Crippen LogP contribution in [-0.4, -0.2) is 11.2 Å². The fourth-order valence-electron chi connectivity index (χ4n) is 3.11. The molecular weight excluding hydrogens is 268 g/mol. The van der Waals surface area contributed by atoms with E-state index in [9.17, 15) is 5.11 Å². The zero-order valence-corrected chi connectivity index (χ0v) is 14.8. The molecule has 0 aliphatic rings. The summed E-state index contributed by atoms with van der Waals surface area (Å²) >= 11 is 0. The van der Waals surface area contributed by atoms with Crippen LogP contribution in [0.3, 0.4) is 0 Å².